The number of hydrogen-bond donors (Lipinski definition) is 2. The molecule has 0 radical (unpaired) electrons. The van der Waals surface area contributed by atoms with Crippen LogP contribution in [0.15, 0.2) is 29.3 Å². The van der Waals surface area contributed by atoms with Gasteiger partial charge < -0.3 is 20.2 Å². The predicted molar refractivity (Wildman–Crippen MR) is 107 cm³/mol. The number of para-hydroxylation sites is 2. The van der Waals surface area contributed by atoms with Gasteiger partial charge in [-0.25, -0.2) is 0 Å². The Morgan fingerprint density at radius 3 is 2.50 bits per heavy atom. The van der Waals surface area contributed by atoms with Crippen LogP contribution in [0.25, 0.3) is 0 Å². The number of nitrogens with one attached hydrogen (secondary N) is 1. The maximum atomic E-state index is 10.1. The molecule has 4 rings (SSSR count). The molecular weight excluding hydrogens is 324 g/mol. The smallest absolute Gasteiger partial charge is 0.194 e. The molecule has 3 fully saturated rings. The van der Waals surface area contributed by atoms with Crippen LogP contribution >= 0.6 is 0 Å². The molecule has 1 aromatic rings. The van der Waals surface area contributed by atoms with E-state index in [9.17, 15) is 5.11 Å². The second kappa shape index (κ2) is 7.37. The second-order valence-corrected chi connectivity index (χ2v) is 8.12. The average molecular weight is 357 g/mol. The van der Waals surface area contributed by atoms with Gasteiger partial charge >= 0.3 is 0 Å². The zero-order valence-electron chi connectivity index (χ0n) is 16.0. The van der Waals surface area contributed by atoms with Crippen molar-refractivity contribution in [2.75, 3.05) is 44.2 Å². The fraction of sp³-hybridized carbons (Fsp3) is 0.667. The summed E-state index contributed by atoms with van der Waals surface area (Å²) in [6, 6.07) is 7.63. The molecule has 0 aromatic heterocycles. The first-order chi connectivity index (χ1) is 12.7. The fourth-order valence-corrected chi connectivity index (χ4v) is 4.57. The standard InChI is InChI=1S/C21H32N4O/c1-2-22-20(23-16-21(10-5-11-21)17-8-9-17)25-14-12-24(13-15-25)18-6-3-4-7-19(18)26/h3-4,6-7,17,26H,2,5,8-16H2,1H3,(H,22,23). The molecule has 5 nitrogen and oxygen atoms in total. The van der Waals surface area contributed by atoms with E-state index in [1.54, 1.807) is 6.07 Å². The van der Waals surface area contributed by atoms with Gasteiger partial charge in [0.15, 0.2) is 5.96 Å². The van der Waals surface area contributed by atoms with Crippen LogP contribution in [0.4, 0.5) is 5.69 Å². The van der Waals surface area contributed by atoms with Gasteiger partial charge in [0.1, 0.15) is 5.75 Å². The number of anilines is 1. The zero-order chi connectivity index (χ0) is 18.0. The lowest BCUT2D eigenvalue weighted by molar-refractivity contribution is 0.112. The fourth-order valence-electron chi connectivity index (χ4n) is 4.57. The second-order valence-electron chi connectivity index (χ2n) is 8.12. The predicted octanol–water partition coefficient (Wildman–Crippen LogP) is 3.06. The molecule has 2 aliphatic carbocycles. The molecule has 0 spiro atoms. The van der Waals surface area contributed by atoms with E-state index in [-0.39, 0.29) is 0 Å². The molecule has 1 aliphatic heterocycles. The molecule has 26 heavy (non-hydrogen) atoms. The topological polar surface area (TPSA) is 51.1 Å². The van der Waals surface area contributed by atoms with E-state index in [0.29, 0.717) is 11.2 Å². The van der Waals surface area contributed by atoms with Crippen LogP contribution in [0, 0.1) is 11.3 Å². The van der Waals surface area contributed by atoms with Crippen LogP contribution in [0.3, 0.4) is 0 Å². The van der Waals surface area contributed by atoms with Gasteiger partial charge in [-0.3, -0.25) is 4.99 Å². The normalized spacial score (nSPS) is 22.9. The number of benzene rings is 1. The molecule has 5 heteroatoms. The zero-order valence-corrected chi connectivity index (χ0v) is 16.0. The van der Waals surface area contributed by atoms with Crippen molar-refractivity contribution in [1.29, 1.82) is 0 Å². The number of phenols is 1. The highest BCUT2D eigenvalue weighted by molar-refractivity contribution is 5.80. The highest BCUT2D eigenvalue weighted by Crippen LogP contribution is 2.57. The van der Waals surface area contributed by atoms with Crippen molar-refractivity contribution in [2.45, 2.75) is 39.0 Å². The van der Waals surface area contributed by atoms with E-state index in [2.05, 4.69) is 22.0 Å². The number of phenolic OH excluding ortho intramolecular Hbond substituents is 1. The molecule has 1 saturated heterocycles. The third kappa shape index (κ3) is 3.49. The summed E-state index contributed by atoms with van der Waals surface area (Å²) in [6.45, 7) is 7.77. The van der Waals surface area contributed by atoms with Crippen molar-refractivity contribution in [3.63, 3.8) is 0 Å². The van der Waals surface area contributed by atoms with Crippen LogP contribution in [0.2, 0.25) is 0 Å². The minimum absolute atomic E-state index is 0.373. The molecule has 0 atom stereocenters. The Morgan fingerprint density at radius 1 is 1.19 bits per heavy atom. The number of hydrogen-bond acceptors (Lipinski definition) is 3. The van der Waals surface area contributed by atoms with Crippen LogP contribution in [0.5, 0.6) is 5.75 Å². The Morgan fingerprint density at radius 2 is 1.92 bits per heavy atom. The molecule has 3 aliphatic rings. The lowest BCUT2D eigenvalue weighted by Crippen LogP contribution is -2.53. The number of guanidine groups is 1. The van der Waals surface area contributed by atoms with Gasteiger partial charge in [-0.2, -0.15) is 0 Å². The summed E-state index contributed by atoms with van der Waals surface area (Å²) in [7, 11) is 0. The van der Waals surface area contributed by atoms with E-state index < -0.39 is 0 Å². The summed E-state index contributed by atoms with van der Waals surface area (Å²) in [6.07, 6.45) is 6.99. The number of piperazine rings is 1. The lowest BCUT2D eigenvalue weighted by Gasteiger charge is -2.42. The molecule has 0 unspecified atom stereocenters. The summed E-state index contributed by atoms with van der Waals surface area (Å²) in [5.74, 6) is 2.40. The number of aliphatic imine (C=N–C) groups is 1. The van der Waals surface area contributed by atoms with Crippen molar-refractivity contribution < 1.29 is 5.11 Å². The minimum atomic E-state index is 0.373. The molecule has 1 heterocycles. The Labute approximate surface area is 157 Å². The van der Waals surface area contributed by atoms with E-state index in [4.69, 9.17) is 4.99 Å². The monoisotopic (exact) mass is 356 g/mol. The molecule has 142 valence electrons. The molecule has 1 aromatic carbocycles. The number of rotatable bonds is 5. The summed E-state index contributed by atoms with van der Waals surface area (Å²) >= 11 is 0. The minimum Gasteiger partial charge on any atom is -0.506 e. The summed E-state index contributed by atoms with van der Waals surface area (Å²) in [5, 5.41) is 13.6. The number of aromatic hydroxyl groups is 1. The first-order valence-corrected chi connectivity index (χ1v) is 10.3. The van der Waals surface area contributed by atoms with Crippen LogP contribution in [-0.4, -0.2) is 55.2 Å². The van der Waals surface area contributed by atoms with E-state index in [0.717, 1.165) is 56.8 Å². The van der Waals surface area contributed by atoms with E-state index >= 15 is 0 Å². The summed E-state index contributed by atoms with van der Waals surface area (Å²) < 4.78 is 0. The SMILES string of the molecule is CCNC(=NCC1(C2CC2)CCC1)N1CCN(c2ccccc2O)CC1. The molecule has 2 saturated carbocycles. The van der Waals surface area contributed by atoms with Gasteiger partial charge in [0, 0.05) is 39.3 Å². The Bertz CT molecular complexity index is 643. The third-order valence-corrected chi connectivity index (χ3v) is 6.47. The highest BCUT2D eigenvalue weighted by atomic mass is 16.3. The summed E-state index contributed by atoms with van der Waals surface area (Å²) in [4.78, 5) is 9.73. The van der Waals surface area contributed by atoms with Gasteiger partial charge in [0.25, 0.3) is 0 Å². The lowest BCUT2D eigenvalue weighted by atomic mass is 9.65. The molecular formula is C21H32N4O. The van der Waals surface area contributed by atoms with Crippen LogP contribution < -0.4 is 10.2 Å². The Kier molecular flexibility index (Phi) is 4.96. The van der Waals surface area contributed by atoms with Gasteiger partial charge in [0.05, 0.1) is 5.69 Å². The van der Waals surface area contributed by atoms with Gasteiger partial charge in [-0.15, -0.1) is 0 Å². The van der Waals surface area contributed by atoms with Crippen molar-refractivity contribution in [1.82, 2.24) is 10.2 Å². The van der Waals surface area contributed by atoms with Crippen molar-refractivity contribution in [2.24, 2.45) is 16.3 Å². The maximum absolute atomic E-state index is 10.1. The van der Waals surface area contributed by atoms with Crippen LogP contribution in [-0.2, 0) is 0 Å². The van der Waals surface area contributed by atoms with E-state index in [1.807, 2.05) is 18.2 Å². The van der Waals surface area contributed by atoms with Crippen LogP contribution in [0.1, 0.15) is 39.0 Å². The quantitative estimate of drug-likeness (QED) is 0.629. The van der Waals surface area contributed by atoms with Crippen molar-refractivity contribution in [3.05, 3.63) is 24.3 Å². The van der Waals surface area contributed by atoms with Gasteiger partial charge in [-0.1, -0.05) is 18.6 Å². The van der Waals surface area contributed by atoms with Gasteiger partial charge in [-0.05, 0) is 56.1 Å². The molecule has 0 bridgehead atoms. The number of nitrogens with zero attached hydrogens (tertiary/aromatic N) is 3. The average Bonchev–Trinajstić information content (AvgIpc) is 3.46. The maximum Gasteiger partial charge on any atom is 0.194 e. The molecule has 2 N–H and O–H groups in total. The largest absolute Gasteiger partial charge is 0.506 e. The first kappa shape index (κ1) is 17.5. The highest BCUT2D eigenvalue weighted by Gasteiger charge is 2.48. The third-order valence-electron chi connectivity index (χ3n) is 6.47. The van der Waals surface area contributed by atoms with E-state index in [1.165, 1.54) is 32.1 Å². The Balaban J connectivity index is 1.39. The molecule has 0 amide bonds. The Hall–Kier alpha value is -1.91. The summed E-state index contributed by atoms with van der Waals surface area (Å²) in [5.41, 5.74) is 1.47. The first-order valence-electron chi connectivity index (χ1n) is 10.3. The van der Waals surface area contributed by atoms with Crippen molar-refractivity contribution >= 4 is 11.6 Å². The van der Waals surface area contributed by atoms with Crippen molar-refractivity contribution in [3.8, 4) is 5.75 Å². The van der Waals surface area contributed by atoms with Gasteiger partial charge in [0.2, 0.25) is 0 Å².